The quantitative estimate of drug-likeness (QED) is 0.716. The molecule has 3 heteroatoms. The first kappa shape index (κ1) is 8.71. The molecule has 0 aromatic carbocycles. The van der Waals surface area contributed by atoms with Crippen LogP contribution in [0.5, 0.6) is 0 Å². The van der Waals surface area contributed by atoms with Gasteiger partial charge in [-0.15, -0.1) is 0 Å². The van der Waals surface area contributed by atoms with Gasteiger partial charge in [0, 0.05) is 25.9 Å². The Balaban J connectivity index is 2.38. The summed E-state index contributed by atoms with van der Waals surface area (Å²) in [7, 11) is 1.65. The van der Waals surface area contributed by atoms with Crippen LogP contribution in [0.15, 0.2) is 24.5 Å². The smallest absolute Gasteiger partial charge is 0.220 e. The number of rotatable bonds is 3. The van der Waals surface area contributed by atoms with E-state index in [1.807, 2.05) is 12.1 Å². The maximum Gasteiger partial charge on any atom is 0.220 e. The summed E-state index contributed by atoms with van der Waals surface area (Å²) in [6, 6.07) is 3.84. The van der Waals surface area contributed by atoms with Gasteiger partial charge in [-0.05, 0) is 24.1 Å². The van der Waals surface area contributed by atoms with Crippen LogP contribution in [-0.2, 0) is 11.2 Å². The molecule has 0 saturated heterocycles. The SMILES string of the molecule is CNC(=O)CCc1ccncc1. The number of nitrogens with zero attached hydrogens (tertiary/aromatic N) is 1. The van der Waals surface area contributed by atoms with Crippen LogP contribution in [0.2, 0.25) is 0 Å². The van der Waals surface area contributed by atoms with Crippen molar-refractivity contribution < 1.29 is 4.79 Å². The second kappa shape index (κ2) is 4.49. The zero-order chi connectivity index (χ0) is 8.81. The highest BCUT2D eigenvalue weighted by atomic mass is 16.1. The molecule has 1 rings (SSSR count). The molecule has 64 valence electrons. The van der Waals surface area contributed by atoms with Gasteiger partial charge in [0.2, 0.25) is 5.91 Å². The summed E-state index contributed by atoms with van der Waals surface area (Å²) in [6.07, 6.45) is 4.79. The fourth-order valence-corrected chi connectivity index (χ4v) is 0.932. The molecule has 0 bridgehead atoms. The zero-order valence-electron chi connectivity index (χ0n) is 7.08. The van der Waals surface area contributed by atoms with Crippen LogP contribution in [-0.4, -0.2) is 17.9 Å². The monoisotopic (exact) mass is 164 g/mol. The van der Waals surface area contributed by atoms with Crippen molar-refractivity contribution in [2.75, 3.05) is 7.05 Å². The van der Waals surface area contributed by atoms with Crippen LogP contribution >= 0.6 is 0 Å². The zero-order valence-corrected chi connectivity index (χ0v) is 7.08. The molecule has 0 fully saturated rings. The lowest BCUT2D eigenvalue weighted by Gasteiger charge is -1.98. The summed E-state index contributed by atoms with van der Waals surface area (Å²) in [6.45, 7) is 0. The first-order valence-electron chi connectivity index (χ1n) is 3.92. The number of amides is 1. The fourth-order valence-electron chi connectivity index (χ4n) is 0.932. The molecule has 12 heavy (non-hydrogen) atoms. The van der Waals surface area contributed by atoms with E-state index in [0.717, 1.165) is 12.0 Å². The molecule has 0 unspecified atom stereocenters. The van der Waals surface area contributed by atoms with Crippen molar-refractivity contribution in [3.05, 3.63) is 30.1 Å². The number of hydrogen-bond donors (Lipinski definition) is 1. The van der Waals surface area contributed by atoms with Crippen LogP contribution in [0, 0.1) is 0 Å². The van der Waals surface area contributed by atoms with E-state index in [0.29, 0.717) is 6.42 Å². The highest BCUT2D eigenvalue weighted by Gasteiger charge is 1.97. The number of aromatic nitrogens is 1. The first-order chi connectivity index (χ1) is 5.83. The number of hydrogen-bond acceptors (Lipinski definition) is 2. The minimum absolute atomic E-state index is 0.0758. The molecular formula is C9H12N2O. The fraction of sp³-hybridized carbons (Fsp3) is 0.333. The van der Waals surface area contributed by atoms with Gasteiger partial charge in [-0.1, -0.05) is 0 Å². The van der Waals surface area contributed by atoms with Crippen LogP contribution in [0.1, 0.15) is 12.0 Å². The second-order valence-electron chi connectivity index (χ2n) is 2.53. The van der Waals surface area contributed by atoms with Crippen molar-refractivity contribution in [3.63, 3.8) is 0 Å². The molecule has 0 atom stereocenters. The molecule has 1 amide bonds. The van der Waals surface area contributed by atoms with E-state index in [-0.39, 0.29) is 5.91 Å². The molecule has 0 saturated carbocycles. The van der Waals surface area contributed by atoms with Crippen molar-refractivity contribution in [1.29, 1.82) is 0 Å². The van der Waals surface area contributed by atoms with E-state index in [9.17, 15) is 4.79 Å². The van der Waals surface area contributed by atoms with E-state index in [2.05, 4.69) is 10.3 Å². The molecule has 3 nitrogen and oxygen atoms in total. The lowest BCUT2D eigenvalue weighted by atomic mass is 10.1. The molecule has 0 aliphatic carbocycles. The van der Waals surface area contributed by atoms with Gasteiger partial charge >= 0.3 is 0 Å². The predicted molar refractivity (Wildman–Crippen MR) is 46.6 cm³/mol. The Labute approximate surface area is 71.8 Å². The maximum atomic E-state index is 10.9. The van der Waals surface area contributed by atoms with Gasteiger partial charge in [0.05, 0.1) is 0 Å². The summed E-state index contributed by atoms with van der Waals surface area (Å²) in [5, 5.41) is 2.58. The van der Waals surface area contributed by atoms with Gasteiger partial charge in [-0.3, -0.25) is 9.78 Å². The Morgan fingerprint density at radius 3 is 2.75 bits per heavy atom. The summed E-state index contributed by atoms with van der Waals surface area (Å²) in [5.74, 6) is 0.0758. The average Bonchev–Trinajstić information content (AvgIpc) is 2.16. The summed E-state index contributed by atoms with van der Waals surface area (Å²) >= 11 is 0. The summed E-state index contributed by atoms with van der Waals surface area (Å²) < 4.78 is 0. The maximum absolute atomic E-state index is 10.9. The van der Waals surface area contributed by atoms with Gasteiger partial charge < -0.3 is 5.32 Å². The second-order valence-corrected chi connectivity index (χ2v) is 2.53. The number of nitrogens with one attached hydrogen (secondary N) is 1. The highest BCUT2D eigenvalue weighted by Crippen LogP contribution is 1.99. The predicted octanol–water partition coefficient (Wildman–Crippen LogP) is 0.760. The molecule has 1 heterocycles. The third kappa shape index (κ3) is 2.70. The highest BCUT2D eigenvalue weighted by molar-refractivity contribution is 5.75. The lowest BCUT2D eigenvalue weighted by molar-refractivity contribution is -0.120. The van der Waals surface area contributed by atoms with Crippen LogP contribution in [0.3, 0.4) is 0 Å². The number of aryl methyl sites for hydroxylation is 1. The lowest BCUT2D eigenvalue weighted by Crippen LogP contribution is -2.17. The molecule has 0 aliphatic heterocycles. The van der Waals surface area contributed by atoms with Gasteiger partial charge in [0.15, 0.2) is 0 Å². The summed E-state index contributed by atoms with van der Waals surface area (Å²) in [4.78, 5) is 14.8. The molecule has 1 N–H and O–H groups in total. The summed E-state index contributed by atoms with van der Waals surface area (Å²) in [5.41, 5.74) is 1.15. The van der Waals surface area contributed by atoms with Gasteiger partial charge in [0.1, 0.15) is 0 Å². The van der Waals surface area contributed by atoms with Crippen molar-refractivity contribution >= 4 is 5.91 Å². The van der Waals surface area contributed by atoms with Gasteiger partial charge in [-0.25, -0.2) is 0 Å². The average molecular weight is 164 g/mol. The molecule has 0 spiro atoms. The van der Waals surface area contributed by atoms with E-state index in [4.69, 9.17) is 0 Å². The minimum Gasteiger partial charge on any atom is -0.359 e. The van der Waals surface area contributed by atoms with Crippen molar-refractivity contribution in [2.24, 2.45) is 0 Å². The van der Waals surface area contributed by atoms with Crippen LogP contribution in [0.25, 0.3) is 0 Å². The van der Waals surface area contributed by atoms with Crippen molar-refractivity contribution in [2.45, 2.75) is 12.8 Å². The number of carbonyl (C=O) groups excluding carboxylic acids is 1. The van der Waals surface area contributed by atoms with Crippen molar-refractivity contribution in [1.82, 2.24) is 10.3 Å². The third-order valence-electron chi connectivity index (χ3n) is 1.67. The Morgan fingerprint density at radius 2 is 2.17 bits per heavy atom. The van der Waals surface area contributed by atoms with E-state index >= 15 is 0 Å². The molecule has 0 aliphatic rings. The standard InChI is InChI=1S/C9H12N2O/c1-10-9(12)3-2-8-4-6-11-7-5-8/h4-7H,2-3H2,1H3,(H,10,12). The topological polar surface area (TPSA) is 42.0 Å². The first-order valence-corrected chi connectivity index (χ1v) is 3.92. The van der Waals surface area contributed by atoms with E-state index in [1.54, 1.807) is 19.4 Å². The number of pyridine rings is 1. The molecular weight excluding hydrogens is 152 g/mol. The van der Waals surface area contributed by atoms with E-state index < -0.39 is 0 Å². The normalized spacial score (nSPS) is 9.42. The van der Waals surface area contributed by atoms with Crippen molar-refractivity contribution in [3.8, 4) is 0 Å². The Bertz CT molecular complexity index is 246. The third-order valence-corrected chi connectivity index (χ3v) is 1.67. The Morgan fingerprint density at radius 1 is 1.50 bits per heavy atom. The van der Waals surface area contributed by atoms with Crippen LogP contribution in [0.4, 0.5) is 0 Å². The molecule has 1 aromatic rings. The Kier molecular flexibility index (Phi) is 3.26. The van der Waals surface area contributed by atoms with Crippen LogP contribution < -0.4 is 5.32 Å². The Hall–Kier alpha value is -1.38. The van der Waals surface area contributed by atoms with Gasteiger partial charge in [0.25, 0.3) is 0 Å². The molecule has 0 radical (unpaired) electrons. The van der Waals surface area contributed by atoms with E-state index in [1.165, 1.54) is 0 Å². The minimum atomic E-state index is 0.0758. The number of carbonyl (C=O) groups is 1. The van der Waals surface area contributed by atoms with Gasteiger partial charge in [-0.2, -0.15) is 0 Å². The molecule has 1 aromatic heterocycles. The largest absolute Gasteiger partial charge is 0.359 e.